The van der Waals surface area contributed by atoms with Crippen molar-refractivity contribution in [2.75, 3.05) is 25.2 Å². The van der Waals surface area contributed by atoms with Crippen LogP contribution in [0.2, 0.25) is 23.2 Å². The number of nitrogens with zero attached hydrogens (tertiary/aromatic N) is 1. The van der Waals surface area contributed by atoms with Gasteiger partial charge in [0.1, 0.15) is 6.42 Å². The zero-order valence-electron chi connectivity index (χ0n) is 22.4. The molecule has 1 N–H and O–H groups in total. The Hall–Kier alpha value is -2.26. The molecule has 0 aromatic heterocycles. The molecule has 0 aliphatic carbocycles. The van der Waals surface area contributed by atoms with Crippen LogP contribution in [0.4, 0.5) is 5.69 Å². The molecule has 0 fully saturated rings. The quantitative estimate of drug-likeness (QED) is 0.201. The van der Waals surface area contributed by atoms with Gasteiger partial charge in [-0.2, -0.15) is 0 Å². The first-order valence-corrected chi connectivity index (χ1v) is 15.7. The largest absolute Gasteiger partial charge is 0.469 e. The van der Waals surface area contributed by atoms with E-state index in [-0.39, 0.29) is 23.5 Å². The van der Waals surface area contributed by atoms with Gasteiger partial charge in [-0.1, -0.05) is 51.4 Å². The first-order chi connectivity index (χ1) is 16.9. The summed E-state index contributed by atoms with van der Waals surface area (Å²) in [5.74, 6) is 0.839. The van der Waals surface area contributed by atoms with Crippen LogP contribution in [0.5, 0.6) is 11.5 Å². The van der Waals surface area contributed by atoms with Crippen molar-refractivity contribution in [1.82, 2.24) is 5.43 Å². The van der Waals surface area contributed by atoms with Crippen LogP contribution in [0.1, 0.15) is 52.2 Å². The molecular weight excluding hydrogens is 496 g/mol. The molecule has 2 atom stereocenters. The van der Waals surface area contributed by atoms with Crippen LogP contribution in [0.15, 0.2) is 42.5 Å². The highest BCUT2D eigenvalue weighted by molar-refractivity contribution is 6.74. The second-order valence-electron chi connectivity index (χ2n) is 10.5. The highest BCUT2D eigenvalue weighted by Crippen LogP contribution is 2.41. The van der Waals surface area contributed by atoms with E-state index in [1.807, 2.05) is 36.4 Å². The number of esters is 1. The number of nitrogens with one attached hydrogen (secondary N) is 1. The average molecular weight is 535 g/mol. The van der Waals surface area contributed by atoms with Gasteiger partial charge in [0.15, 0.2) is 19.8 Å². The minimum Gasteiger partial charge on any atom is -0.469 e. The molecule has 3 rings (SSSR count). The number of hydrazine groups is 1. The summed E-state index contributed by atoms with van der Waals surface area (Å²) < 4.78 is 23.2. The number of carbonyl (C=O) groups excluding carboxylic acids is 1. The summed E-state index contributed by atoms with van der Waals surface area (Å²) in [6.07, 6.45) is 0.129. The maximum atomic E-state index is 11.6. The Morgan fingerprint density at radius 1 is 1.17 bits per heavy atom. The van der Waals surface area contributed by atoms with E-state index in [9.17, 15) is 4.79 Å². The van der Waals surface area contributed by atoms with Gasteiger partial charge in [0, 0.05) is 24.2 Å². The van der Waals surface area contributed by atoms with Crippen molar-refractivity contribution >= 4 is 31.6 Å². The van der Waals surface area contributed by atoms with E-state index in [0.29, 0.717) is 23.1 Å². The van der Waals surface area contributed by atoms with Crippen molar-refractivity contribution in [3.63, 3.8) is 0 Å². The fourth-order valence-electron chi connectivity index (χ4n) is 3.65. The zero-order chi connectivity index (χ0) is 26.5. The molecule has 0 saturated heterocycles. The molecule has 0 radical (unpaired) electrons. The fourth-order valence-corrected chi connectivity index (χ4v) is 5.13. The molecule has 9 heteroatoms. The lowest BCUT2D eigenvalue weighted by Crippen LogP contribution is -2.46. The Morgan fingerprint density at radius 3 is 2.53 bits per heavy atom. The SMILES string of the molecule is CCCN(NC[C@H](O[Si](C)(C)C(C)(C)C)c1cccc(Cl)c1)c1ccc2c(c1)OC(CC(=O)OC)O2. The van der Waals surface area contributed by atoms with E-state index in [4.69, 9.17) is 30.2 Å². The predicted octanol–water partition coefficient (Wildman–Crippen LogP) is 6.48. The lowest BCUT2D eigenvalue weighted by Gasteiger charge is -2.40. The summed E-state index contributed by atoms with van der Waals surface area (Å²) in [5, 5.41) is 2.87. The maximum absolute atomic E-state index is 11.6. The van der Waals surface area contributed by atoms with Crippen LogP contribution < -0.4 is 19.9 Å². The summed E-state index contributed by atoms with van der Waals surface area (Å²) in [6, 6.07) is 13.7. The molecule has 0 spiro atoms. The Labute approximate surface area is 221 Å². The number of hydrogen-bond donors (Lipinski definition) is 1. The van der Waals surface area contributed by atoms with Gasteiger partial charge in [0.25, 0.3) is 6.29 Å². The van der Waals surface area contributed by atoms with E-state index in [1.54, 1.807) is 0 Å². The molecule has 7 nitrogen and oxygen atoms in total. The highest BCUT2D eigenvalue weighted by atomic mass is 35.5. The molecule has 1 aliphatic rings. The van der Waals surface area contributed by atoms with Crippen LogP contribution in [0.3, 0.4) is 0 Å². The number of anilines is 1. The number of methoxy groups -OCH3 is 1. The van der Waals surface area contributed by atoms with Crippen LogP contribution in [0.25, 0.3) is 0 Å². The third-order valence-electron chi connectivity index (χ3n) is 6.70. The summed E-state index contributed by atoms with van der Waals surface area (Å²) in [6.45, 7) is 14.7. The molecule has 0 amide bonds. The smallest absolute Gasteiger partial charge is 0.313 e. The average Bonchev–Trinajstić information content (AvgIpc) is 3.21. The molecule has 1 aliphatic heterocycles. The van der Waals surface area contributed by atoms with Gasteiger partial charge >= 0.3 is 5.97 Å². The summed E-state index contributed by atoms with van der Waals surface area (Å²) in [4.78, 5) is 11.6. The number of benzene rings is 2. The highest BCUT2D eigenvalue weighted by Gasteiger charge is 2.39. The van der Waals surface area contributed by atoms with E-state index >= 15 is 0 Å². The molecule has 1 heterocycles. The van der Waals surface area contributed by atoms with E-state index in [1.165, 1.54) is 7.11 Å². The summed E-state index contributed by atoms with van der Waals surface area (Å²) >= 11 is 6.34. The number of ether oxygens (including phenoxy) is 3. The number of carbonyl (C=O) groups is 1. The Bertz CT molecular complexity index is 1040. The predicted molar refractivity (Wildman–Crippen MR) is 146 cm³/mol. The Morgan fingerprint density at radius 2 is 1.89 bits per heavy atom. The fraction of sp³-hybridized carbons (Fsp3) is 0.519. The molecule has 1 unspecified atom stereocenters. The van der Waals surface area contributed by atoms with Gasteiger partial charge in [-0.05, 0) is 54.4 Å². The second kappa shape index (κ2) is 11.9. The topological polar surface area (TPSA) is 69.3 Å². The van der Waals surface area contributed by atoms with Crippen molar-refractivity contribution in [2.45, 2.75) is 71.1 Å². The maximum Gasteiger partial charge on any atom is 0.313 e. The van der Waals surface area contributed by atoms with Gasteiger partial charge in [0.2, 0.25) is 0 Å². The Kier molecular flexibility index (Phi) is 9.32. The third kappa shape index (κ3) is 7.15. The second-order valence-corrected chi connectivity index (χ2v) is 15.7. The van der Waals surface area contributed by atoms with E-state index < -0.39 is 14.6 Å². The molecule has 0 bridgehead atoms. The Balaban J connectivity index is 1.78. The van der Waals surface area contributed by atoms with Crippen molar-refractivity contribution in [1.29, 1.82) is 0 Å². The first-order valence-electron chi connectivity index (χ1n) is 12.4. The van der Waals surface area contributed by atoms with Crippen molar-refractivity contribution in [3.05, 3.63) is 53.1 Å². The van der Waals surface area contributed by atoms with Crippen LogP contribution in [-0.2, 0) is 14.0 Å². The van der Waals surface area contributed by atoms with E-state index in [2.05, 4.69) is 57.3 Å². The standard InChI is InChI=1S/C27H39ClN2O5Si/c1-8-14-30(21-12-13-22-23(16-21)34-26(33-22)17-25(31)32-5)29-18-24(19-10-9-11-20(28)15-19)35-36(6,7)27(2,3)4/h9-13,15-16,24,26,29H,8,14,17-18H2,1-7H3/t24-,26?/m0/s1. The number of rotatable bonds is 11. The minimum absolute atomic E-state index is 0.0313. The molecule has 36 heavy (non-hydrogen) atoms. The van der Waals surface area contributed by atoms with Crippen molar-refractivity contribution in [2.24, 2.45) is 0 Å². The van der Waals surface area contributed by atoms with Crippen LogP contribution in [0, 0.1) is 0 Å². The monoisotopic (exact) mass is 534 g/mol. The number of fused-ring (bicyclic) bond motifs is 1. The van der Waals surface area contributed by atoms with E-state index in [0.717, 1.165) is 24.2 Å². The number of halogens is 1. The zero-order valence-corrected chi connectivity index (χ0v) is 24.1. The van der Waals surface area contributed by atoms with Crippen molar-refractivity contribution < 1.29 is 23.4 Å². The van der Waals surface area contributed by atoms with Crippen LogP contribution in [-0.4, -0.2) is 40.8 Å². The summed E-state index contributed by atoms with van der Waals surface area (Å²) in [7, 11) is -0.703. The molecule has 2 aromatic carbocycles. The molecule has 198 valence electrons. The number of hydrogen-bond acceptors (Lipinski definition) is 7. The van der Waals surface area contributed by atoms with Gasteiger partial charge in [0.05, 0.1) is 18.9 Å². The van der Waals surface area contributed by atoms with Gasteiger partial charge in [-0.25, -0.2) is 5.43 Å². The van der Waals surface area contributed by atoms with Gasteiger partial charge in [-0.15, -0.1) is 0 Å². The molecule has 0 saturated carbocycles. The molecule has 2 aromatic rings. The summed E-state index contributed by atoms with van der Waals surface area (Å²) in [5.41, 5.74) is 5.58. The van der Waals surface area contributed by atoms with Crippen molar-refractivity contribution in [3.8, 4) is 11.5 Å². The van der Waals surface area contributed by atoms with Gasteiger partial charge < -0.3 is 23.6 Å². The lowest BCUT2D eigenvalue weighted by atomic mass is 10.1. The lowest BCUT2D eigenvalue weighted by molar-refractivity contribution is -0.145. The third-order valence-corrected chi connectivity index (χ3v) is 11.4. The normalized spacial score (nSPS) is 16.1. The van der Waals surface area contributed by atoms with Gasteiger partial charge in [-0.3, -0.25) is 4.79 Å². The van der Waals surface area contributed by atoms with Crippen LogP contribution >= 0.6 is 11.6 Å². The minimum atomic E-state index is -2.05. The molecular formula is C27H39ClN2O5Si. The first kappa shape index (κ1) is 28.3.